The van der Waals surface area contributed by atoms with E-state index in [9.17, 15) is 9.59 Å². The molecule has 0 saturated heterocycles. The van der Waals surface area contributed by atoms with Gasteiger partial charge >= 0.3 is 5.97 Å². The lowest BCUT2D eigenvalue weighted by atomic mass is 10.0. The highest BCUT2D eigenvalue weighted by atomic mass is 16.4. The van der Waals surface area contributed by atoms with Gasteiger partial charge in [0.15, 0.2) is 5.89 Å². The van der Waals surface area contributed by atoms with Crippen LogP contribution >= 0.6 is 0 Å². The van der Waals surface area contributed by atoms with Crippen molar-refractivity contribution in [2.45, 2.75) is 33.7 Å². The second-order valence-corrected chi connectivity index (χ2v) is 4.18. The first-order chi connectivity index (χ1) is 7.82. The van der Waals surface area contributed by atoms with E-state index in [0.29, 0.717) is 11.6 Å². The van der Waals surface area contributed by atoms with Gasteiger partial charge in [-0.15, -0.1) is 0 Å². The average Bonchev–Trinajstić information content (AvgIpc) is 2.53. The zero-order valence-electron chi connectivity index (χ0n) is 10.3. The Morgan fingerprint density at radius 3 is 2.29 bits per heavy atom. The number of rotatable bonds is 4. The maximum absolute atomic E-state index is 11.8. The van der Waals surface area contributed by atoms with Crippen LogP contribution in [0.25, 0.3) is 0 Å². The van der Waals surface area contributed by atoms with Gasteiger partial charge in [0.05, 0.1) is 5.69 Å². The van der Waals surface area contributed by atoms with Gasteiger partial charge in [0.1, 0.15) is 6.04 Å². The predicted octanol–water partition coefficient (Wildman–Crippen LogP) is 1.13. The molecule has 0 aliphatic heterocycles. The van der Waals surface area contributed by atoms with Crippen molar-refractivity contribution in [1.29, 1.82) is 0 Å². The molecule has 6 heteroatoms. The minimum Gasteiger partial charge on any atom is -0.480 e. The fourth-order valence-electron chi connectivity index (χ4n) is 1.46. The molecular formula is C11H16N2O4. The molecule has 6 nitrogen and oxygen atoms in total. The molecule has 0 radical (unpaired) electrons. The van der Waals surface area contributed by atoms with Crippen LogP contribution in [-0.4, -0.2) is 28.0 Å². The highest BCUT2D eigenvalue weighted by Crippen LogP contribution is 2.10. The Labute approximate surface area is 99.0 Å². The largest absolute Gasteiger partial charge is 0.480 e. The number of amides is 1. The molecule has 1 amide bonds. The minimum atomic E-state index is -1.07. The lowest BCUT2D eigenvalue weighted by molar-refractivity contribution is -0.140. The van der Waals surface area contributed by atoms with Gasteiger partial charge in [-0.1, -0.05) is 13.8 Å². The molecule has 1 atom stereocenters. The van der Waals surface area contributed by atoms with E-state index >= 15 is 0 Å². The van der Waals surface area contributed by atoms with Gasteiger partial charge < -0.3 is 14.8 Å². The number of carboxylic acids is 1. The summed E-state index contributed by atoms with van der Waals surface area (Å²) in [4.78, 5) is 26.7. The molecule has 2 N–H and O–H groups in total. The van der Waals surface area contributed by atoms with Gasteiger partial charge in [-0.3, -0.25) is 4.79 Å². The number of carboxylic acid groups (broad SMARTS) is 1. The van der Waals surface area contributed by atoms with E-state index in [1.165, 1.54) is 0 Å². The summed E-state index contributed by atoms with van der Waals surface area (Å²) in [5.41, 5.74) is 0.452. The quantitative estimate of drug-likeness (QED) is 0.823. The molecule has 0 aromatic carbocycles. The number of aryl methyl sites for hydroxylation is 2. The molecule has 0 aliphatic carbocycles. The molecule has 0 spiro atoms. The first kappa shape index (κ1) is 13.2. The average molecular weight is 240 g/mol. The molecule has 1 rings (SSSR count). The zero-order chi connectivity index (χ0) is 13.2. The van der Waals surface area contributed by atoms with E-state index < -0.39 is 17.9 Å². The van der Waals surface area contributed by atoms with Gasteiger partial charge in [-0.25, -0.2) is 9.78 Å². The Kier molecular flexibility index (Phi) is 3.88. The second-order valence-electron chi connectivity index (χ2n) is 4.18. The fourth-order valence-corrected chi connectivity index (χ4v) is 1.46. The third-order valence-electron chi connectivity index (χ3n) is 2.33. The summed E-state index contributed by atoms with van der Waals surface area (Å²) in [7, 11) is 0. The number of aromatic nitrogens is 1. The third kappa shape index (κ3) is 3.05. The van der Waals surface area contributed by atoms with Crippen LogP contribution in [0.15, 0.2) is 4.42 Å². The molecule has 1 heterocycles. The Morgan fingerprint density at radius 1 is 1.35 bits per heavy atom. The van der Waals surface area contributed by atoms with E-state index in [-0.39, 0.29) is 11.7 Å². The summed E-state index contributed by atoms with van der Waals surface area (Å²) in [6.07, 6.45) is 0. The SMILES string of the molecule is Cc1nc(C)c(C(=O)N[C@H](C(=O)O)C(C)C)o1. The minimum absolute atomic E-state index is 0.0643. The highest BCUT2D eigenvalue weighted by Gasteiger charge is 2.26. The molecule has 0 aliphatic rings. The maximum Gasteiger partial charge on any atom is 0.326 e. The molecule has 94 valence electrons. The third-order valence-corrected chi connectivity index (χ3v) is 2.33. The monoisotopic (exact) mass is 240 g/mol. The fraction of sp³-hybridized carbons (Fsp3) is 0.545. The molecule has 0 fully saturated rings. The van der Waals surface area contributed by atoms with Crippen LogP contribution in [0, 0.1) is 19.8 Å². The summed E-state index contributed by atoms with van der Waals surface area (Å²) in [6.45, 7) is 6.70. The van der Waals surface area contributed by atoms with Crippen LogP contribution in [0.4, 0.5) is 0 Å². The van der Waals surface area contributed by atoms with Crippen molar-refractivity contribution in [3.8, 4) is 0 Å². The number of carbonyl (C=O) groups is 2. The van der Waals surface area contributed by atoms with E-state index in [4.69, 9.17) is 9.52 Å². The summed E-state index contributed by atoms with van der Waals surface area (Å²) in [5.74, 6) is -1.38. The van der Waals surface area contributed by atoms with Crippen LogP contribution in [0.1, 0.15) is 36.0 Å². The molecule has 0 saturated carbocycles. The number of oxazole rings is 1. The molecule has 17 heavy (non-hydrogen) atoms. The lowest BCUT2D eigenvalue weighted by Crippen LogP contribution is -2.44. The number of nitrogens with zero attached hydrogens (tertiary/aromatic N) is 1. The van der Waals surface area contributed by atoms with Crippen LogP contribution in [0.3, 0.4) is 0 Å². The van der Waals surface area contributed by atoms with Crippen molar-refractivity contribution in [2.75, 3.05) is 0 Å². The van der Waals surface area contributed by atoms with Crippen molar-refractivity contribution in [2.24, 2.45) is 5.92 Å². The Hall–Kier alpha value is -1.85. The van der Waals surface area contributed by atoms with Crippen LogP contribution in [0.5, 0.6) is 0 Å². The van der Waals surface area contributed by atoms with Crippen molar-refractivity contribution in [3.05, 3.63) is 17.3 Å². The van der Waals surface area contributed by atoms with E-state index in [0.717, 1.165) is 0 Å². The van der Waals surface area contributed by atoms with E-state index in [2.05, 4.69) is 10.3 Å². The first-order valence-corrected chi connectivity index (χ1v) is 5.30. The number of nitrogens with one attached hydrogen (secondary N) is 1. The first-order valence-electron chi connectivity index (χ1n) is 5.30. The van der Waals surface area contributed by atoms with Gasteiger partial charge in [0.25, 0.3) is 5.91 Å². The molecule has 1 aromatic heterocycles. The topological polar surface area (TPSA) is 92.4 Å². The number of aliphatic carboxylic acids is 1. The Balaban J connectivity index is 2.85. The molecule has 0 bridgehead atoms. The normalized spacial score (nSPS) is 12.5. The number of hydrogen-bond acceptors (Lipinski definition) is 4. The second kappa shape index (κ2) is 4.99. The van der Waals surface area contributed by atoms with Crippen LogP contribution in [0.2, 0.25) is 0 Å². The van der Waals surface area contributed by atoms with Gasteiger partial charge in [0, 0.05) is 6.92 Å². The maximum atomic E-state index is 11.8. The Bertz CT molecular complexity index is 437. The van der Waals surface area contributed by atoms with E-state index in [1.807, 2.05) is 0 Å². The molecule has 0 unspecified atom stereocenters. The standard InChI is InChI=1S/C11H16N2O4/c1-5(2)8(11(15)16)13-10(14)9-6(3)12-7(4)17-9/h5,8H,1-4H3,(H,13,14)(H,15,16)/t8-/m0/s1. The summed E-state index contributed by atoms with van der Waals surface area (Å²) in [6, 6.07) is -0.938. The summed E-state index contributed by atoms with van der Waals surface area (Å²) >= 11 is 0. The van der Waals surface area contributed by atoms with Crippen molar-refractivity contribution in [3.63, 3.8) is 0 Å². The van der Waals surface area contributed by atoms with Gasteiger partial charge in [-0.05, 0) is 12.8 Å². The smallest absolute Gasteiger partial charge is 0.326 e. The number of carbonyl (C=O) groups excluding carboxylic acids is 1. The van der Waals surface area contributed by atoms with E-state index in [1.54, 1.807) is 27.7 Å². The molecular weight excluding hydrogens is 224 g/mol. The van der Waals surface area contributed by atoms with Crippen molar-refractivity contribution in [1.82, 2.24) is 10.3 Å². The highest BCUT2D eigenvalue weighted by molar-refractivity contribution is 5.95. The van der Waals surface area contributed by atoms with Crippen molar-refractivity contribution < 1.29 is 19.1 Å². The van der Waals surface area contributed by atoms with Crippen molar-refractivity contribution >= 4 is 11.9 Å². The van der Waals surface area contributed by atoms with Crippen LogP contribution < -0.4 is 5.32 Å². The lowest BCUT2D eigenvalue weighted by Gasteiger charge is -2.16. The Morgan fingerprint density at radius 2 is 1.94 bits per heavy atom. The number of hydrogen-bond donors (Lipinski definition) is 2. The van der Waals surface area contributed by atoms with Gasteiger partial charge in [-0.2, -0.15) is 0 Å². The molecule has 1 aromatic rings. The van der Waals surface area contributed by atoms with Gasteiger partial charge in [0.2, 0.25) is 5.76 Å². The summed E-state index contributed by atoms with van der Waals surface area (Å²) < 4.78 is 5.12. The predicted molar refractivity (Wildman–Crippen MR) is 59.7 cm³/mol. The summed E-state index contributed by atoms with van der Waals surface area (Å²) in [5, 5.41) is 11.4. The zero-order valence-corrected chi connectivity index (χ0v) is 10.3. The van der Waals surface area contributed by atoms with Crippen LogP contribution in [-0.2, 0) is 4.79 Å².